The van der Waals surface area contributed by atoms with Gasteiger partial charge in [0.15, 0.2) is 11.5 Å². The minimum absolute atomic E-state index is 0.0735. The molecule has 0 heterocycles. The van der Waals surface area contributed by atoms with Gasteiger partial charge in [-0.05, 0) is 19.9 Å². The Morgan fingerprint density at radius 3 is 2.57 bits per heavy atom. The van der Waals surface area contributed by atoms with E-state index in [4.69, 9.17) is 22.1 Å². The van der Waals surface area contributed by atoms with Gasteiger partial charge in [-0.1, -0.05) is 11.6 Å². The van der Waals surface area contributed by atoms with Gasteiger partial charge in [0, 0.05) is 22.2 Å². The molecule has 1 atom stereocenters. The molecule has 78 valence electrons. The van der Waals surface area contributed by atoms with Gasteiger partial charge in [0.1, 0.15) is 0 Å². The van der Waals surface area contributed by atoms with Gasteiger partial charge in [0.05, 0.1) is 7.11 Å². The monoisotopic (exact) mass is 215 g/mol. The van der Waals surface area contributed by atoms with Gasteiger partial charge in [-0.25, -0.2) is 0 Å². The first-order valence-corrected chi connectivity index (χ1v) is 4.68. The van der Waals surface area contributed by atoms with Gasteiger partial charge >= 0.3 is 0 Å². The highest BCUT2D eigenvalue weighted by molar-refractivity contribution is 6.31. The summed E-state index contributed by atoms with van der Waals surface area (Å²) in [7, 11) is 1.49. The van der Waals surface area contributed by atoms with Crippen LogP contribution in [0.3, 0.4) is 0 Å². The number of phenolic OH excluding ortho intramolecular Hbond substituents is 1. The average molecular weight is 216 g/mol. The molecule has 1 unspecified atom stereocenters. The first-order chi connectivity index (χ1) is 6.49. The first kappa shape index (κ1) is 11.1. The fraction of sp³-hybridized carbons (Fsp3) is 0.400. The fourth-order valence-electron chi connectivity index (χ4n) is 1.33. The van der Waals surface area contributed by atoms with E-state index >= 15 is 0 Å². The highest BCUT2D eigenvalue weighted by Crippen LogP contribution is 2.39. The van der Waals surface area contributed by atoms with Crippen molar-refractivity contribution in [3.05, 3.63) is 22.2 Å². The van der Waals surface area contributed by atoms with Gasteiger partial charge < -0.3 is 15.6 Å². The van der Waals surface area contributed by atoms with E-state index in [1.807, 2.05) is 0 Å². The molecule has 0 aliphatic carbocycles. The highest BCUT2D eigenvalue weighted by atomic mass is 35.5. The lowest BCUT2D eigenvalue weighted by Gasteiger charge is -2.15. The van der Waals surface area contributed by atoms with Crippen LogP contribution in [0.25, 0.3) is 0 Å². The van der Waals surface area contributed by atoms with Crippen LogP contribution in [0.4, 0.5) is 0 Å². The van der Waals surface area contributed by atoms with Crippen LogP contribution in [0.15, 0.2) is 6.07 Å². The van der Waals surface area contributed by atoms with E-state index in [2.05, 4.69) is 0 Å². The maximum atomic E-state index is 9.80. The summed E-state index contributed by atoms with van der Waals surface area (Å²) >= 11 is 5.97. The average Bonchev–Trinajstić information content (AvgIpc) is 2.12. The number of hydrogen-bond acceptors (Lipinski definition) is 3. The van der Waals surface area contributed by atoms with Gasteiger partial charge in [0.2, 0.25) is 0 Å². The number of benzene rings is 1. The van der Waals surface area contributed by atoms with E-state index in [0.29, 0.717) is 16.3 Å². The van der Waals surface area contributed by atoms with E-state index in [-0.39, 0.29) is 11.8 Å². The van der Waals surface area contributed by atoms with Crippen LogP contribution in [0.5, 0.6) is 11.5 Å². The third kappa shape index (κ3) is 1.79. The molecule has 4 heteroatoms. The fourth-order valence-corrected chi connectivity index (χ4v) is 1.53. The van der Waals surface area contributed by atoms with Crippen molar-refractivity contribution in [3.8, 4) is 11.5 Å². The second-order valence-electron chi connectivity index (χ2n) is 3.24. The van der Waals surface area contributed by atoms with Gasteiger partial charge in [0.25, 0.3) is 0 Å². The van der Waals surface area contributed by atoms with Crippen molar-refractivity contribution in [2.24, 2.45) is 5.73 Å². The predicted octanol–water partition coefficient (Wildman–Crippen LogP) is 2.38. The number of ether oxygens (including phenoxy) is 1. The summed E-state index contributed by atoms with van der Waals surface area (Å²) in [6.45, 7) is 3.56. The number of phenols is 1. The Morgan fingerprint density at radius 2 is 2.14 bits per heavy atom. The maximum Gasteiger partial charge on any atom is 0.165 e. The van der Waals surface area contributed by atoms with E-state index in [1.54, 1.807) is 19.9 Å². The van der Waals surface area contributed by atoms with Crippen LogP contribution in [0, 0.1) is 6.92 Å². The van der Waals surface area contributed by atoms with Crippen LogP contribution in [-0.2, 0) is 0 Å². The molecule has 1 aromatic rings. The first-order valence-electron chi connectivity index (χ1n) is 4.30. The van der Waals surface area contributed by atoms with Crippen molar-refractivity contribution in [1.82, 2.24) is 0 Å². The Hall–Kier alpha value is -0.930. The Balaban J connectivity index is 3.42. The second-order valence-corrected chi connectivity index (χ2v) is 3.65. The zero-order valence-electron chi connectivity index (χ0n) is 8.47. The number of nitrogens with two attached hydrogens (primary N) is 1. The summed E-state index contributed by atoms with van der Waals surface area (Å²) in [5.74, 6) is 0.467. The minimum atomic E-state index is -0.276. The summed E-state index contributed by atoms with van der Waals surface area (Å²) in [6.07, 6.45) is 0. The molecule has 0 saturated heterocycles. The van der Waals surface area contributed by atoms with Crippen molar-refractivity contribution in [2.45, 2.75) is 19.9 Å². The number of hydrogen-bond donors (Lipinski definition) is 2. The lowest BCUT2D eigenvalue weighted by atomic mass is 10.0. The summed E-state index contributed by atoms with van der Waals surface area (Å²) in [5.41, 5.74) is 7.00. The normalized spacial score (nSPS) is 12.6. The lowest BCUT2D eigenvalue weighted by Crippen LogP contribution is -2.06. The Kier molecular flexibility index (Phi) is 3.24. The van der Waals surface area contributed by atoms with Gasteiger partial charge in [-0.3, -0.25) is 0 Å². The zero-order chi connectivity index (χ0) is 10.9. The number of halogens is 1. The van der Waals surface area contributed by atoms with E-state index in [9.17, 15) is 5.11 Å². The topological polar surface area (TPSA) is 55.5 Å². The second kappa shape index (κ2) is 4.07. The Labute approximate surface area is 88.4 Å². The Morgan fingerprint density at radius 1 is 1.57 bits per heavy atom. The van der Waals surface area contributed by atoms with E-state index in [1.165, 1.54) is 7.11 Å². The SMILES string of the molecule is COc1c(C)c(Cl)cc(C(C)N)c1O. The lowest BCUT2D eigenvalue weighted by molar-refractivity contribution is 0.366. The molecule has 3 N–H and O–H groups in total. The molecular weight excluding hydrogens is 202 g/mol. The van der Waals surface area contributed by atoms with Crippen molar-refractivity contribution in [2.75, 3.05) is 7.11 Å². The summed E-state index contributed by atoms with van der Waals surface area (Å²) in [6, 6.07) is 1.39. The molecule has 3 nitrogen and oxygen atoms in total. The van der Waals surface area contributed by atoms with Crippen molar-refractivity contribution in [1.29, 1.82) is 0 Å². The zero-order valence-corrected chi connectivity index (χ0v) is 9.22. The quantitative estimate of drug-likeness (QED) is 0.797. The highest BCUT2D eigenvalue weighted by Gasteiger charge is 2.16. The summed E-state index contributed by atoms with van der Waals surface area (Å²) in [5, 5.41) is 10.3. The third-order valence-electron chi connectivity index (χ3n) is 2.16. The molecule has 0 saturated carbocycles. The van der Waals surface area contributed by atoms with Crippen LogP contribution in [0.2, 0.25) is 5.02 Å². The molecule has 0 radical (unpaired) electrons. The molecule has 0 aliphatic heterocycles. The molecule has 0 spiro atoms. The maximum absolute atomic E-state index is 9.80. The molecule has 1 rings (SSSR count). The predicted molar refractivity (Wildman–Crippen MR) is 57.0 cm³/mol. The smallest absolute Gasteiger partial charge is 0.165 e. The van der Waals surface area contributed by atoms with E-state index < -0.39 is 0 Å². The standard InChI is InChI=1S/C10H14ClNO2/c1-5-8(11)4-7(6(2)12)9(13)10(5)14-3/h4,6,13H,12H2,1-3H3. The van der Waals surface area contributed by atoms with E-state index in [0.717, 1.165) is 5.56 Å². The van der Waals surface area contributed by atoms with Crippen LogP contribution < -0.4 is 10.5 Å². The molecule has 0 bridgehead atoms. The largest absolute Gasteiger partial charge is 0.504 e. The molecule has 1 aromatic carbocycles. The number of rotatable bonds is 2. The molecule has 0 aromatic heterocycles. The number of aromatic hydroxyl groups is 1. The number of methoxy groups -OCH3 is 1. The van der Waals surface area contributed by atoms with Crippen LogP contribution in [-0.4, -0.2) is 12.2 Å². The van der Waals surface area contributed by atoms with Crippen molar-refractivity contribution < 1.29 is 9.84 Å². The Bertz CT molecular complexity index is 350. The van der Waals surface area contributed by atoms with Crippen LogP contribution >= 0.6 is 11.6 Å². The van der Waals surface area contributed by atoms with Gasteiger partial charge in [-0.15, -0.1) is 0 Å². The minimum Gasteiger partial charge on any atom is -0.504 e. The molecule has 0 fully saturated rings. The molecular formula is C10H14ClNO2. The van der Waals surface area contributed by atoms with Crippen LogP contribution in [0.1, 0.15) is 24.1 Å². The molecule has 0 aliphatic rings. The summed E-state index contributed by atoms with van der Waals surface area (Å²) in [4.78, 5) is 0. The molecule has 14 heavy (non-hydrogen) atoms. The third-order valence-corrected chi connectivity index (χ3v) is 2.56. The molecule has 0 amide bonds. The van der Waals surface area contributed by atoms with Gasteiger partial charge in [-0.2, -0.15) is 0 Å². The van der Waals surface area contributed by atoms with Crippen molar-refractivity contribution >= 4 is 11.6 Å². The summed E-state index contributed by atoms with van der Waals surface area (Å²) < 4.78 is 5.06. The van der Waals surface area contributed by atoms with Crippen molar-refractivity contribution in [3.63, 3.8) is 0 Å².